The standard InChI is InChI=1S/C15H25N3O2S/c1-4-18-10-8-13(9-11-18)16-14-6-5-7-15(12-14)21(19,20)17(2)3/h5-7,12-13,16H,4,8-11H2,1-3H3. The van der Waals surface area contributed by atoms with Gasteiger partial charge >= 0.3 is 0 Å². The Morgan fingerprint density at radius 2 is 1.95 bits per heavy atom. The molecule has 1 saturated heterocycles. The van der Waals surface area contributed by atoms with Crippen LogP contribution in [0.5, 0.6) is 0 Å². The Morgan fingerprint density at radius 3 is 2.52 bits per heavy atom. The Bertz CT molecular complexity index is 564. The van der Waals surface area contributed by atoms with Crippen LogP contribution in [-0.2, 0) is 10.0 Å². The zero-order valence-corrected chi connectivity index (χ0v) is 13.9. The van der Waals surface area contributed by atoms with Gasteiger partial charge in [0.15, 0.2) is 0 Å². The zero-order valence-electron chi connectivity index (χ0n) is 13.0. The molecule has 6 heteroatoms. The highest BCUT2D eigenvalue weighted by Gasteiger charge is 2.20. The predicted molar refractivity (Wildman–Crippen MR) is 86.1 cm³/mol. The number of piperidine rings is 1. The quantitative estimate of drug-likeness (QED) is 0.901. The van der Waals surface area contributed by atoms with Crippen molar-refractivity contribution < 1.29 is 8.42 Å². The fraction of sp³-hybridized carbons (Fsp3) is 0.600. The molecular weight excluding hydrogens is 286 g/mol. The summed E-state index contributed by atoms with van der Waals surface area (Å²) in [7, 11) is -0.265. The van der Waals surface area contributed by atoms with Crippen LogP contribution < -0.4 is 5.32 Å². The smallest absolute Gasteiger partial charge is 0.242 e. The number of nitrogens with zero attached hydrogens (tertiary/aromatic N) is 2. The minimum absolute atomic E-state index is 0.337. The van der Waals surface area contributed by atoms with E-state index in [-0.39, 0.29) is 0 Å². The summed E-state index contributed by atoms with van der Waals surface area (Å²) in [6.45, 7) is 5.49. The van der Waals surface area contributed by atoms with Crippen molar-refractivity contribution in [1.82, 2.24) is 9.21 Å². The number of anilines is 1. The van der Waals surface area contributed by atoms with E-state index >= 15 is 0 Å². The molecule has 118 valence electrons. The number of rotatable bonds is 5. The molecule has 1 aromatic rings. The van der Waals surface area contributed by atoms with Crippen molar-refractivity contribution in [3.05, 3.63) is 24.3 Å². The van der Waals surface area contributed by atoms with Crippen molar-refractivity contribution in [3.63, 3.8) is 0 Å². The summed E-state index contributed by atoms with van der Waals surface area (Å²) < 4.78 is 25.5. The van der Waals surface area contributed by atoms with Gasteiger partial charge in [0.05, 0.1) is 4.90 Å². The van der Waals surface area contributed by atoms with Crippen molar-refractivity contribution in [3.8, 4) is 0 Å². The molecule has 0 unspecified atom stereocenters. The molecule has 21 heavy (non-hydrogen) atoms. The van der Waals surface area contributed by atoms with Gasteiger partial charge in [-0.25, -0.2) is 12.7 Å². The first kappa shape index (κ1) is 16.3. The maximum Gasteiger partial charge on any atom is 0.242 e. The minimum atomic E-state index is -3.37. The molecule has 0 spiro atoms. The van der Waals surface area contributed by atoms with E-state index in [1.807, 2.05) is 6.07 Å². The van der Waals surface area contributed by atoms with E-state index < -0.39 is 10.0 Å². The monoisotopic (exact) mass is 311 g/mol. The molecule has 1 N–H and O–H groups in total. The number of likely N-dealkylation sites (tertiary alicyclic amines) is 1. The van der Waals surface area contributed by atoms with Crippen LogP contribution in [0.3, 0.4) is 0 Å². The van der Waals surface area contributed by atoms with Gasteiger partial charge in [0.1, 0.15) is 0 Å². The van der Waals surface area contributed by atoms with Crippen LogP contribution in [0.2, 0.25) is 0 Å². The van der Waals surface area contributed by atoms with E-state index in [0.717, 1.165) is 38.2 Å². The summed E-state index contributed by atoms with van der Waals surface area (Å²) in [6, 6.07) is 7.51. The topological polar surface area (TPSA) is 52.7 Å². The second kappa shape index (κ2) is 6.77. The average Bonchev–Trinajstić information content (AvgIpc) is 2.48. The molecule has 1 fully saturated rings. The first-order valence-electron chi connectivity index (χ1n) is 7.45. The third-order valence-electron chi connectivity index (χ3n) is 4.02. The fourth-order valence-electron chi connectivity index (χ4n) is 2.59. The molecule has 0 atom stereocenters. The molecule has 0 saturated carbocycles. The van der Waals surface area contributed by atoms with Crippen LogP contribution in [0.4, 0.5) is 5.69 Å². The molecule has 1 aromatic carbocycles. The Hall–Kier alpha value is -1.11. The predicted octanol–water partition coefficient (Wildman–Crippen LogP) is 1.83. The molecular formula is C15H25N3O2S. The molecule has 0 bridgehead atoms. The second-order valence-corrected chi connectivity index (χ2v) is 7.82. The van der Waals surface area contributed by atoms with Gasteiger partial charge in [-0.2, -0.15) is 0 Å². The molecule has 0 aromatic heterocycles. The number of benzene rings is 1. The summed E-state index contributed by atoms with van der Waals surface area (Å²) in [6.07, 6.45) is 2.19. The zero-order chi connectivity index (χ0) is 15.5. The highest BCUT2D eigenvalue weighted by atomic mass is 32.2. The van der Waals surface area contributed by atoms with Crippen molar-refractivity contribution in [2.24, 2.45) is 0 Å². The Labute approximate surface area is 128 Å². The Kier molecular flexibility index (Phi) is 5.24. The van der Waals surface area contributed by atoms with Gasteiger partial charge in [-0.1, -0.05) is 13.0 Å². The lowest BCUT2D eigenvalue weighted by Gasteiger charge is -2.32. The lowest BCUT2D eigenvalue weighted by Crippen LogP contribution is -2.38. The molecule has 2 rings (SSSR count). The normalized spacial score (nSPS) is 18.1. The first-order chi connectivity index (χ1) is 9.93. The van der Waals surface area contributed by atoms with Crippen LogP contribution in [-0.4, -0.2) is 57.4 Å². The summed E-state index contributed by atoms with van der Waals surface area (Å²) >= 11 is 0. The van der Waals surface area contributed by atoms with E-state index in [1.165, 1.54) is 4.31 Å². The average molecular weight is 311 g/mol. The van der Waals surface area contributed by atoms with Crippen LogP contribution in [0.25, 0.3) is 0 Å². The van der Waals surface area contributed by atoms with Crippen LogP contribution in [0.15, 0.2) is 29.2 Å². The largest absolute Gasteiger partial charge is 0.382 e. The summed E-state index contributed by atoms with van der Waals surface area (Å²) in [5.74, 6) is 0. The van der Waals surface area contributed by atoms with E-state index in [1.54, 1.807) is 32.3 Å². The Morgan fingerprint density at radius 1 is 1.29 bits per heavy atom. The first-order valence-corrected chi connectivity index (χ1v) is 8.89. The number of hydrogen-bond acceptors (Lipinski definition) is 4. The third-order valence-corrected chi connectivity index (χ3v) is 5.83. The highest BCUT2D eigenvalue weighted by Crippen LogP contribution is 2.21. The van der Waals surface area contributed by atoms with E-state index in [2.05, 4.69) is 17.1 Å². The summed E-state index contributed by atoms with van der Waals surface area (Å²) in [5, 5.41) is 3.47. The highest BCUT2D eigenvalue weighted by molar-refractivity contribution is 7.89. The molecule has 1 aliphatic heterocycles. The molecule has 0 amide bonds. The maximum atomic E-state index is 12.1. The van der Waals surface area contributed by atoms with Gasteiger partial charge in [0, 0.05) is 38.9 Å². The van der Waals surface area contributed by atoms with E-state index in [9.17, 15) is 8.42 Å². The molecule has 5 nitrogen and oxygen atoms in total. The minimum Gasteiger partial charge on any atom is -0.382 e. The summed E-state index contributed by atoms with van der Waals surface area (Å²) in [4.78, 5) is 2.77. The van der Waals surface area contributed by atoms with Gasteiger partial charge in [0.2, 0.25) is 10.0 Å². The lowest BCUT2D eigenvalue weighted by molar-refractivity contribution is 0.229. The van der Waals surface area contributed by atoms with Gasteiger partial charge in [-0.15, -0.1) is 0 Å². The van der Waals surface area contributed by atoms with Crippen LogP contribution in [0, 0.1) is 0 Å². The second-order valence-electron chi connectivity index (χ2n) is 5.67. The summed E-state index contributed by atoms with van der Waals surface area (Å²) in [5.41, 5.74) is 0.882. The SMILES string of the molecule is CCN1CCC(Nc2cccc(S(=O)(=O)N(C)C)c2)CC1. The Balaban J connectivity index is 2.06. The van der Waals surface area contributed by atoms with Gasteiger partial charge in [0.25, 0.3) is 0 Å². The van der Waals surface area contributed by atoms with E-state index in [0.29, 0.717) is 10.9 Å². The fourth-order valence-corrected chi connectivity index (χ4v) is 3.53. The van der Waals surface area contributed by atoms with Crippen molar-refractivity contribution >= 4 is 15.7 Å². The maximum absolute atomic E-state index is 12.1. The molecule has 0 radical (unpaired) electrons. The number of sulfonamides is 1. The van der Waals surface area contributed by atoms with Crippen molar-refractivity contribution in [2.75, 3.05) is 39.0 Å². The van der Waals surface area contributed by atoms with Crippen LogP contribution >= 0.6 is 0 Å². The third kappa shape index (κ3) is 3.96. The van der Waals surface area contributed by atoms with Gasteiger partial charge in [-0.3, -0.25) is 0 Å². The molecule has 0 aliphatic carbocycles. The van der Waals surface area contributed by atoms with Gasteiger partial charge in [-0.05, 0) is 37.6 Å². The van der Waals surface area contributed by atoms with Crippen LogP contribution in [0.1, 0.15) is 19.8 Å². The van der Waals surface area contributed by atoms with E-state index in [4.69, 9.17) is 0 Å². The number of hydrogen-bond donors (Lipinski definition) is 1. The molecule has 1 aliphatic rings. The number of nitrogens with one attached hydrogen (secondary N) is 1. The van der Waals surface area contributed by atoms with Crippen molar-refractivity contribution in [1.29, 1.82) is 0 Å². The molecule has 1 heterocycles. The van der Waals surface area contributed by atoms with Crippen molar-refractivity contribution in [2.45, 2.75) is 30.7 Å². The lowest BCUT2D eigenvalue weighted by atomic mass is 10.0. The van der Waals surface area contributed by atoms with Gasteiger partial charge < -0.3 is 10.2 Å².